The molecule has 0 aromatic heterocycles. The normalized spacial score (nSPS) is 12.3. The van der Waals surface area contributed by atoms with Crippen molar-refractivity contribution in [2.75, 3.05) is 6.61 Å². The van der Waals surface area contributed by atoms with Gasteiger partial charge in [0.15, 0.2) is 0 Å². The molecule has 23 heavy (non-hydrogen) atoms. The number of ether oxygens (including phenoxy) is 1. The predicted octanol–water partition coefficient (Wildman–Crippen LogP) is 6.13. The average molecular weight is 321 g/mol. The first-order chi connectivity index (χ1) is 11.3. The standard InChI is InChI=1S/C21H36O2/c1-2-3-4-5-6-7-8-9-10-12-15-20(22)18-19-23-21-16-13-11-14-17-21/h11,13-14,16-17,20,22H,2-10,12,15,18-19H2,1H3. The molecule has 1 aromatic rings. The Bertz CT molecular complexity index is 350. The maximum atomic E-state index is 9.97. The Kier molecular flexibility index (Phi) is 12.7. The third kappa shape index (κ3) is 12.1. The summed E-state index contributed by atoms with van der Waals surface area (Å²) in [6.07, 6.45) is 14.8. The second kappa shape index (κ2) is 14.6. The fourth-order valence-corrected chi connectivity index (χ4v) is 2.84. The van der Waals surface area contributed by atoms with Crippen LogP contribution < -0.4 is 4.74 Å². The Balaban J connectivity index is 1.84. The smallest absolute Gasteiger partial charge is 0.119 e. The van der Waals surface area contributed by atoms with Crippen molar-refractivity contribution in [3.63, 3.8) is 0 Å². The molecule has 0 fully saturated rings. The summed E-state index contributed by atoms with van der Waals surface area (Å²) in [5, 5.41) is 9.97. The van der Waals surface area contributed by atoms with Crippen molar-refractivity contribution >= 4 is 0 Å². The number of hydrogen-bond acceptors (Lipinski definition) is 2. The van der Waals surface area contributed by atoms with Gasteiger partial charge in [-0.3, -0.25) is 0 Å². The van der Waals surface area contributed by atoms with Crippen LogP contribution in [0.2, 0.25) is 0 Å². The lowest BCUT2D eigenvalue weighted by molar-refractivity contribution is 0.128. The molecule has 1 N–H and O–H groups in total. The SMILES string of the molecule is CCCCCCCCCCCCC(O)CCOc1ccccc1. The monoisotopic (exact) mass is 320 g/mol. The molecule has 1 atom stereocenters. The zero-order valence-electron chi connectivity index (χ0n) is 15.0. The quantitative estimate of drug-likeness (QED) is 0.394. The minimum absolute atomic E-state index is 0.215. The number of unbranched alkanes of at least 4 members (excludes halogenated alkanes) is 9. The van der Waals surface area contributed by atoms with Crippen molar-refractivity contribution in [1.29, 1.82) is 0 Å². The molecular weight excluding hydrogens is 284 g/mol. The minimum atomic E-state index is -0.215. The van der Waals surface area contributed by atoms with Crippen molar-refractivity contribution in [2.24, 2.45) is 0 Å². The van der Waals surface area contributed by atoms with E-state index in [1.165, 1.54) is 57.8 Å². The third-order valence-electron chi connectivity index (χ3n) is 4.35. The number of benzene rings is 1. The van der Waals surface area contributed by atoms with Gasteiger partial charge < -0.3 is 9.84 Å². The van der Waals surface area contributed by atoms with Crippen LogP contribution in [0.3, 0.4) is 0 Å². The Morgan fingerprint density at radius 2 is 1.35 bits per heavy atom. The molecule has 0 saturated carbocycles. The second-order valence-electron chi connectivity index (χ2n) is 6.57. The molecule has 0 spiro atoms. The number of para-hydroxylation sites is 1. The van der Waals surface area contributed by atoms with E-state index >= 15 is 0 Å². The first-order valence-electron chi connectivity index (χ1n) is 9.69. The summed E-state index contributed by atoms with van der Waals surface area (Å²) in [4.78, 5) is 0. The molecule has 0 aliphatic rings. The van der Waals surface area contributed by atoms with Crippen LogP contribution >= 0.6 is 0 Å². The van der Waals surface area contributed by atoms with E-state index in [2.05, 4.69) is 6.92 Å². The van der Waals surface area contributed by atoms with Gasteiger partial charge in [0, 0.05) is 6.42 Å². The molecule has 0 aliphatic heterocycles. The molecule has 0 radical (unpaired) electrons. The highest BCUT2D eigenvalue weighted by atomic mass is 16.5. The molecule has 1 unspecified atom stereocenters. The van der Waals surface area contributed by atoms with Crippen LogP contribution in [0.15, 0.2) is 30.3 Å². The van der Waals surface area contributed by atoms with Crippen molar-refractivity contribution in [3.8, 4) is 5.75 Å². The first kappa shape index (κ1) is 20.0. The van der Waals surface area contributed by atoms with E-state index in [1.54, 1.807) is 0 Å². The summed E-state index contributed by atoms with van der Waals surface area (Å²) in [7, 11) is 0. The zero-order chi connectivity index (χ0) is 16.6. The summed E-state index contributed by atoms with van der Waals surface area (Å²) in [6.45, 7) is 2.87. The van der Waals surface area contributed by atoms with Crippen LogP contribution in [0, 0.1) is 0 Å². The molecule has 0 heterocycles. The lowest BCUT2D eigenvalue weighted by Gasteiger charge is -2.11. The molecule has 0 bridgehead atoms. The third-order valence-corrected chi connectivity index (χ3v) is 4.35. The van der Waals surface area contributed by atoms with Gasteiger partial charge in [-0.2, -0.15) is 0 Å². The Morgan fingerprint density at radius 3 is 1.96 bits per heavy atom. The molecule has 1 rings (SSSR count). The number of aliphatic hydroxyl groups excluding tert-OH is 1. The van der Waals surface area contributed by atoms with Crippen LogP contribution in [0.1, 0.15) is 84.0 Å². The van der Waals surface area contributed by atoms with E-state index in [4.69, 9.17) is 4.74 Å². The molecule has 0 aliphatic carbocycles. The number of rotatable bonds is 15. The van der Waals surface area contributed by atoms with Gasteiger partial charge in [-0.15, -0.1) is 0 Å². The van der Waals surface area contributed by atoms with E-state index in [-0.39, 0.29) is 6.10 Å². The van der Waals surface area contributed by atoms with Gasteiger partial charge in [0.1, 0.15) is 5.75 Å². The summed E-state index contributed by atoms with van der Waals surface area (Å²) in [5.41, 5.74) is 0. The highest BCUT2D eigenvalue weighted by molar-refractivity contribution is 5.20. The Labute approximate surface area is 143 Å². The molecule has 132 valence electrons. The van der Waals surface area contributed by atoms with Gasteiger partial charge >= 0.3 is 0 Å². The summed E-state index contributed by atoms with van der Waals surface area (Å²) >= 11 is 0. The van der Waals surface area contributed by atoms with Gasteiger partial charge in [-0.1, -0.05) is 89.3 Å². The zero-order valence-corrected chi connectivity index (χ0v) is 15.0. The van der Waals surface area contributed by atoms with E-state index in [1.807, 2.05) is 30.3 Å². The lowest BCUT2D eigenvalue weighted by atomic mass is 10.0. The van der Waals surface area contributed by atoms with E-state index in [9.17, 15) is 5.11 Å². The van der Waals surface area contributed by atoms with Gasteiger partial charge in [0.05, 0.1) is 12.7 Å². The van der Waals surface area contributed by atoms with Crippen LogP contribution in [0.5, 0.6) is 5.75 Å². The van der Waals surface area contributed by atoms with Gasteiger partial charge in [0.2, 0.25) is 0 Å². The van der Waals surface area contributed by atoms with E-state index < -0.39 is 0 Å². The summed E-state index contributed by atoms with van der Waals surface area (Å²) in [5.74, 6) is 0.888. The highest BCUT2D eigenvalue weighted by Gasteiger charge is 2.04. The van der Waals surface area contributed by atoms with Crippen LogP contribution in [-0.2, 0) is 0 Å². The average Bonchev–Trinajstić information content (AvgIpc) is 2.57. The molecule has 2 nitrogen and oxygen atoms in total. The van der Waals surface area contributed by atoms with Crippen LogP contribution in [0.25, 0.3) is 0 Å². The largest absolute Gasteiger partial charge is 0.493 e. The second-order valence-corrected chi connectivity index (χ2v) is 6.57. The maximum Gasteiger partial charge on any atom is 0.119 e. The van der Waals surface area contributed by atoms with Crippen molar-refractivity contribution in [1.82, 2.24) is 0 Å². The molecule has 1 aromatic carbocycles. The molecular formula is C21H36O2. The van der Waals surface area contributed by atoms with E-state index in [0.29, 0.717) is 6.61 Å². The van der Waals surface area contributed by atoms with Gasteiger partial charge in [-0.25, -0.2) is 0 Å². The van der Waals surface area contributed by atoms with Crippen molar-refractivity contribution in [2.45, 2.75) is 90.1 Å². The minimum Gasteiger partial charge on any atom is -0.493 e. The lowest BCUT2D eigenvalue weighted by Crippen LogP contribution is -2.11. The van der Waals surface area contributed by atoms with Gasteiger partial charge in [-0.05, 0) is 18.6 Å². The van der Waals surface area contributed by atoms with E-state index in [0.717, 1.165) is 25.0 Å². The summed E-state index contributed by atoms with van der Waals surface area (Å²) in [6, 6.07) is 9.82. The van der Waals surface area contributed by atoms with Crippen molar-refractivity contribution in [3.05, 3.63) is 30.3 Å². The molecule has 0 saturated heterocycles. The Morgan fingerprint density at radius 1 is 0.783 bits per heavy atom. The van der Waals surface area contributed by atoms with Crippen LogP contribution in [-0.4, -0.2) is 17.8 Å². The first-order valence-corrected chi connectivity index (χ1v) is 9.69. The fourth-order valence-electron chi connectivity index (χ4n) is 2.84. The highest BCUT2D eigenvalue weighted by Crippen LogP contribution is 2.13. The molecule has 0 amide bonds. The predicted molar refractivity (Wildman–Crippen MR) is 99.0 cm³/mol. The van der Waals surface area contributed by atoms with Crippen molar-refractivity contribution < 1.29 is 9.84 Å². The van der Waals surface area contributed by atoms with Crippen LogP contribution in [0.4, 0.5) is 0 Å². The number of hydrogen-bond donors (Lipinski definition) is 1. The number of aliphatic hydroxyl groups is 1. The Hall–Kier alpha value is -1.02. The summed E-state index contributed by atoms with van der Waals surface area (Å²) < 4.78 is 5.62. The fraction of sp³-hybridized carbons (Fsp3) is 0.714. The topological polar surface area (TPSA) is 29.5 Å². The maximum absolute atomic E-state index is 9.97. The van der Waals surface area contributed by atoms with Gasteiger partial charge in [0.25, 0.3) is 0 Å². The molecule has 2 heteroatoms.